The van der Waals surface area contributed by atoms with Gasteiger partial charge in [0.25, 0.3) is 0 Å². The SMILES string of the molecule is CCC(CC)C(NC(=O)Cc1ccsc1)c1ccccc1. The molecule has 0 bridgehead atoms. The summed E-state index contributed by atoms with van der Waals surface area (Å²) in [6, 6.07) is 12.4. The highest BCUT2D eigenvalue weighted by Crippen LogP contribution is 2.27. The number of amides is 1. The zero-order valence-corrected chi connectivity index (χ0v) is 13.5. The van der Waals surface area contributed by atoms with Gasteiger partial charge in [-0.3, -0.25) is 4.79 Å². The lowest BCUT2D eigenvalue weighted by molar-refractivity contribution is -0.121. The maximum atomic E-state index is 12.3. The van der Waals surface area contributed by atoms with Crippen LogP contribution in [0.25, 0.3) is 0 Å². The fraction of sp³-hybridized carbons (Fsp3) is 0.389. The molecule has 21 heavy (non-hydrogen) atoms. The van der Waals surface area contributed by atoms with E-state index in [0.717, 1.165) is 18.4 Å². The number of hydrogen-bond donors (Lipinski definition) is 1. The molecule has 1 heterocycles. The second kappa shape index (κ2) is 7.99. The molecule has 0 radical (unpaired) electrons. The minimum Gasteiger partial charge on any atom is -0.349 e. The van der Waals surface area contributed by atoms with Crippen molar-refractivity contribution in [1.29, 1.82) is 0 Å². The van der Waals surface area contributed by atoms with Gasteiger partial charge < -0.3 is 5.32 Å². The smallest absolute Gasteiger partial charge is 0.224 e. The molecule has 2 nitrogen and oxygen atoms in total. The Bertz CT molecular complexity index is 532. The Balaban J connectivity index is 2.10. The Morgan fingerprint density at radius 1 is 1.14 bits per heavy atom. The molecule has 1 unspecified atom stereocenters. The fourth-order valence-electron chi connectivity index (χ4n) is 2.70. The lowest BCUT2D eigenvalue weighted by atomic mass is 9.88. The van der Waals surface area contributed by atoms with Crippen molar-refractivity contribution in [1.82, 2.24) is 5.32 Å². The molecule has 0 aliphatic rings. The van der Waals surface area contributed by atoms with Crippen molar-refractivity contribution in [2.24, 2.45) is 5.92 Å². The minimum atomic E-state index is 0.104. The summed E-state index contributed by atoms with van der Waals surface area (Å²) in [6.07, 6.45) is 2.59. The number of rotatable bonds is 7. The first-order valence-electron chi connectivity index (χ1n) is 7.60. The quantitative estimate of drug-likeness (QED) is 0.796. The van der Waals surface area contributed by atoms with Gasteiger partial charge in [-0.2, -0.15) is 11.3 Å². The van der Waals surface area contributed by atoms with Crippen molar-refractivity contribution in [3.05, 3.63) is 58.3 Å². The van der Waals surface area contributed by atoms with Crippen LogP contribution >= 0.6 is 11.3 Å². The molecule has 0 fully saturated rings. The van der Waals surface area contributed by atoms with E-state index in [1.54, 1.807) is 11.3 Å². The van der Waals surface area contributed by atoms with E-state index in [1.807, 2.05) is 35.0 Å². The lowest BCUT2D eigenvalue weighted by Crippen LogP contribution is -2.34. The van der Waals surface area contributed by atoms with Gasteiger partial charge in [0, 0.05) is 0 Å². The van der Waals surface area contributed by atoms with Crippen molar-refractivity contribution in [2.75, 3.05) is 0 Å². The van der Waals surface area contributed by atoms with Crippen LogP contribution in [0.1, 0.15) is 43.9 Å². The van der Waals surface area contributed by atoms with Crippen LogP contribution in [-0.4, -0.2) is 5.91 Å². The highest BCUT2D eigenvalue weighted by atomic mass is 32.1. The maximum Gasteiger partial charge on any atom is 0.224 e. The molecule has 1 aromatic carbocycles. The normalized spacial score (nSPS) is 12.3. The van der Waals surface area contributed by atoms with Crippen LogP contribution in [0.4, 0.5) is 0 Å². The van der Waals surface area contributed by atoms with Gasteiger partial charge in [-0.15, -0.1) is 0 Å². The van der Waals surface area contributed by atoms with E-state index in [4.69, 9.17) is 0 Å². The average molecular weight is 301 g/mol. The number of carbonyl (C=O) groups excluding carboxylic acids is 1. The van der Waals surface area contributed by atoms with Gasteiger partial charge in [0.05, 0.1) is 12.5 Å². The Morgan fingerprint density at radius 2 is 1.86 bits per heavy atom. The molecule has 2 aromatic rings. The summed E-state index contributed by atoms with van der Waals surface area (Å²) in [4.78, 5) is 12.3. The van der Waals surface area contributed by atoms with Crippen LogP contribution in [0.2, 0.25) is 0 Å². The largest absolute Gasteiger partial charge is 0.349 e. The third-order valence-electron chi connectivity index (χ3n) is 3.94. The number of nitrogens with one attached hydrogen (secondary N) is 1. The standard InChI is InChI=1S/C18H23NOS/c1-3-15(4-2)18(16-8-6-5-7-9-16)19-17(20)12-14-10-11-21-13-14/h5-11,13,15,18H,3-4,12H2,1-2H3,(H,19,20). The van der Waals surface area contributed by atoms with Crippen LogP contribution < -0.4 is 5.32 Å². The molecule has 0 aliphatic heterocycles. The number of benzene rings is 1. The first-order chi connectivity index (χ1) is 10.2. The van der Waals surface area contributed by atoms with E-state index < -0.39 is 0 Å². The van der Waals surface area contributed by atoms with Gasteiger partial charge in [0.2, 0.25) is 5.91 Å². The molecule has 1 aromatic heterocycles. The maximum absolute atomic E-state index is 12.3. The zero-order valence-electron chi connectivity index (χ0n) is 12.7. The Labute approximate surface area is 131 Å². The van der Waals surface area contributed by atoms with Gasteiger partial charge in [0.15, 0.2) is 0 Å². The molecule has 2 rings (SSSR count). The zero-order chi connectivity index (χ0) is 15.1. The third kappa shape index (κ3) is 4.43. The third-order valence-corrected chi connectivity index (χ3v) is 4.67. The van der Waals surface area contributed by atoms with E-state index >= 15 is 0 Å². The summed E-state index contributed by atoms with van der Waals surface area (Å²) in [5, 5.41) is 7.29. The minimum absolute atomic E-state index is 0.104. The summed E-state index contributed by atoms with van der Waals surface area (Å²) in [5.41, 5.74) is 2.29. The van der Waals surface area contributed by atoms with Crippen molar-refractivity contribution in [3.63, 3.8) is 0 Å². The van der Waals surface area contributed by atoms with Crippen LogP contribution in [0.3, 0.4) is 0 Å². The Morgan fingerprint density at radius 3 is 2.43 bits per heavy atom. The van der Waals surface area contributed by atoms with Crippen molar-refractivity contribution < 1.29 is 4.79 Å². The second-order valence-electron chi connectivity index (χ2n) is 5.34. The van der Waals surface area contributed by atoms with Crippen molar-refractivity contribution in [3.8, 4) is 0 Å². The second-order valence-corrected chi connectivity index (χ2v) is 6.12. The first-order valence-corrected chi connectivity index (χ1v) is 8.54. The highest BCUT2D eigenvalue weighted by Gasteiger charge is 2.22. The van der Waals surface area contributed by atoms with Gasteiger partial charge in [-0.05, 0) is 33.9 Å². The first kappa shape index (κ1) is 15.8. The van der Waals surface area contributed by atoms with Crippen LogP contribution in [0, 0.1) is 5.92 Å². The molecule has 0 saturated carbocycles. The lowest BCUT2D eigenvalue weighted by Gasteiger charge is -2.27. The summed E-state index contributed by atoms with van der Waals surface area (Å²) >= 11 is 1.63. The molecular weight excluding hydrogens is 278 g/mol. The van der Waals surface area contributed by atoms with Crippen LogP contribution in [0.15, 0.2) is 47.2 Å². The predicted octanol–water partition coefficient (Wildman–Crippen LogP) is 4.58. The molecule has 1 N–H and O–H groups in total. The molecule has 0 spiro atoms. The van der Waals surface area contributed by atoms with Crippen molar-refractivity contribution in [2.45, 2.75) is 39.2 Å². The highest BCUT2D eigenvalue weighted by molar-refractivity contribution is 7.07. The van der Waals surface area contributed by atoms with Gasteiger partial charge in [0.1, 0.15) is 0 Å². The summed E-state index contributed by atoms with van der Waals surface area (Å²) in [6.45, 7) is 4.38. The predicted molar refractivity (Wildman–Crippen MR) is 89.4 cm³/mol. The van der Waals surface area contributed by atoms with E-state index in [2.05, 4.69) is 31.3 Å². The fourth-order valence-corrected chi connectivity index (χ4v) is 3.37. The molecule has 0 saturated heterocycles. The van der Waals surface area contributed by atoms with Gasteiger partial charge >= 0.3 is 0 Å². The molecule has 0 aliphatic carbocycles. The van der Waals surface area contributed by atoms with E-state index in [0.29, 0.717) is 12.3 Å². The average Bonchev–Trinajstić information content (AvgIpc) is 3.01. The molecule has 1 amide bonds. The summed E-state index contributed by atoms with van der Waals surface area (Å²) < 4.78 is 0. The van der Waals surface area contributed by atoms with E-state index in [1.165, 1.54) is 5.56 Å². The molecule has 3 heteroatoms. The summed E-state index contributed by atoms with van der Waals surface area (Å²) in [7, 11) is 0. The topological polar surface area (TPSA) is 29.1 Å². The molecular formula is C18H23NOS. The van der Waals surface area contributed by atoms with Gasteiger partial charge in [-0.25, -0.2) is 0 Å². The van der Waals surface area contributed by atoms with Crippen molar-refractivity contribution >= 4 is 17.2 Å². The van der Waals surface area contributed by atoms with E-state index in [-0.39, 0.29) is 11.9 Å². The number of hydrogen-bond acceptors (Lipinski definition) is 2. The Hall–Kier alpha value is -1.61. The number of thiophene rings is 1. The molecule has 112 valence electrons. The molecule has 1 atom stereocenters. The summed E-state index contributed by atoms with van der Waals surface area (Å²) in [5.74, 6) is 0.577. The van der Waals surface area contributed by atoms with Crippen LogP contribution in [-0.2, 0) is 11.2 Å². The monoisotopic (exact) mass is 301 g/mol. The number of carbonyl (C=O) groups is 1. The van der Waals surface area contributed by atoms with Gasteiger partial charge in [-0.1, -0.05) is 57.0 Å². The van der Waals surface area contributed by atoms with Crippen LogP contribution in [0.5, 0.6) is 0 Å². The Kier molecular flexibility index (Phi) is 6.00. The van der Waals surface area contributed by atoms with E-state index in [9.17, 15) is 4.79 Å².